The first-order valence-electron chi connectivity index (χ1n) is 3.37. The zero-order valence-electron chi connectivity index (χ0n) is 6.60. The molecule has 0 unspecified atom stereocenters. The van der Waals surface area contributed by atoms with Crippen molar-refractivity contribution in [1.82, 2.24) is 4.98 Å². The van der Waals surface area contributed by atoms with E-state index in [9.17, 15) is 13.6 Å². The molecule has 0 amide bonds. The van der Waals surface area contributed by atoms with Gasteiger partial charge in [-0.1, -0.05) is 0 Å². The van der Waals surface area contributed by atoms with E-state index in [1.807, 2.05) is 0 Å². The lowest BCUT2D eigenvalue weighted by Crippen LogP contribution is -2.07. The van der Waals surface area contributed by atoms with Crippen molar-refractivity contribution in [2.75, 3.05) is 5.73 Å². The fraction of sp³-hybridized carbons (Fsp3) is 0.143. The van der Waals surface area contributed by atoms with Gasteiger partial charge in [0.15, 0.2) is 0 Å². The van der Waals surface area contributed by atoms with Gasteiger partial charge in [0.2, 0.25) is 0 Å². The third-order valence-corrected chi connectivity index (χ3v) is 2.58. The van der Waals surface area contributed by atoms with Crippen LogP contribution in [0.4, 0.5) is 14.5 Å². The van der Waals surface area contributed by atoms with Crippen LogP contribution in [-0.4, -0.2) is 10.2 Å². The molecule has 0 aliphatic rings. The Bertz CT molecular complexity index is 386. The average Bonchev–Trinajstić information content (AvgIpc) is 2.08. The molecular formula is C7H4ClF2IN2O. The van der Waals surface area contributed by atoms with Crippen LogP contribution in [0.25, 0.3) is 0 Å². The number of nitrogens with two attached hydrogens (primary N) is 1. The Labute approximate surface area is 96.8 Å². The molecular weight excluding hydrogens is 328 g/mol. The van der Waals surface area contributed by atoms with E-state index in [2.05, 4.69) is 4.98 Å². The predicted octanol–water partition coefficient (Wildman–Crippen LogP) is 2.59. The summed E-state index contributed by atoms with van der Waals surface area (Å²) in [7, 11) is 0. The van der Waals surface area contributed by atoms with Gasteiger partial charge in [-0.3, -0.25) is 4.79 Å². The minimum atomic E-state index is -2.82. The first-order valence-corrected chi connectivity index (χ1v) is 4.82. The van der Waals surface area contributed by atoms with Crippen molar-refractivity contribution >= 4 is 45.1 Å². The van der Waals surface area contributed by atoms with Gasteiger partial charge in [0.05, 0.1) is 16.8 Å². The summed E-state index contributed by atoms with van der Waals surface area (Å²) < 4.78 is 25.1. The number of carbonyl (C=O) groups is 1. The summed E-state index contributed by atoms with van der Waals surface area (Å²) in [5, 5.41) is -1.00. The molecule has 2 N–H and O–H groups in total. The molecule has 1 aromatic heterocycles. The lowest BCUT2D eigenvalue weighted by molar-refractivity contribution is 0.106. The lowest BCUT2D eigenvalue weighted by Gasteiger charge is -2.08. The van der Waals surface area contributed by atoms with E-state index in [0.29, 0.717) is 0 Å². The molecule has 0 radical (unpaired) electrons. The van der Waals surface area contributed by atoms with Gasteiger partial charge in [0.1, 0.15) is 3.70 Å². The summed E-state index contributed by atoms with van der Waals surface area (Å²) >= 11 is 6.88. The van der Waals surface area contributed by atoms with Crippen LogP contribution in [-0.2, 0) is 0 Å². The minimum Gasteiger partial charge on any atom is -0.396 e. The summed E-state index contributed by atoms with van der Waals surface area (Å²) in [6.07, 6.45) is -1.92. The number of halogens is 4. The number of anilines is 1. The Kier molecular flexibility index (Phi) is 3.59. The van der Waals surface area contributed by atoms with Crippen molar-refractivity contribution in [1.29, 1.82) is 0 Å². The largest absolute Gasteiger partial charge is 0.396 e. The summed E-state index contributed by atoms with van der Waals surface area (Å²) in [6, 6.07) is 0. The van der Waals surface area contributed by atoms with Crippen LogP contribution >= 0.6 is 34.2 Å². The van der Waals surface area contributed by atoms with E-state index < -0.39 is 17.2 Å². The highest BCUT2D eigenvalue weighted by Gasteiger charge is 2.22. The van der Waals surface area contributed by atoms with Gasteiger partial charge < -0.3 is 5.73 Å². The maximum atomic E-state index is 12.4. The van der Waals surface area contributed by atoms with Crippen molar-refractivity contribution in [3.05, 3.63) is 21.0 Å². The number of alkyl halides is 2. The van der Waals surface area contributed by atoms with Gasteiger partial charge >= 0.3 is 0 Å². The second kappa shape index (κ2) is 4.35. The van der Waals surface area contributed by atoms with E-state index in [1.165, 1.54) is 0 Å². The summed E-state index contributed by atoms with van der Waals surface area (Å²) in [5.74, 6) is 0. The Morgan fingerprint density at radius 1 is 1.64 bits per heavy atom. The number of nitrogen functional groups attached to an aromatic ring is 1. The Balaban J connectivity index is 3.45. The first kappa shape index (κ1) is 11.6. The molecule has 14 heavy (non-hydrogen) atoms. The van der Waals surface area contributed by atoms with Gasteiger partial charge in [-0.05, 0) is 34.2 Å². The zero-order valence-corrected chi connectivity index (χ0v) is 9.51. The molecule has 0 saturated heterocycles. The molecule has 1 aromatic rings. The van der Waals surface area contributed by atoms with E-state index in [1.54, 1.807) is 22.6 Å². The monoisotopic (exact) mass is 332 g/mol. The maximum absolute atomic E-state index is 12.4. The van der Waals surface area contributed by atoms with Crippen molar-refractivity contribution < 1.29 is 13.6 Å². The highest BCUT2D eigenvalue weighted by molar-refractivity contribution is 14.1. The minimum absolute atomic E-state index is 0.108. The van der Waals surface area contributed by atoms with E-state index >= 15 is 0 Å². The molecule has 0 spiro atoms. The van der Waals surface area contributed by atoms with Gasteiger partial charge in [-0.25, -0.2) is 13.8 Å². The van der Waals surface area contributed by atoms with Crippen LogP contribution in [0.2, 0.25) is 0 Å². The molecule has 7 heteroatoms. The summed E-state index contributed by atoms with van der Waals surface area (Å²) in [6.45, 7) is 0. The standard InChI is InChI=1S/C7H4ClF2IN2O/c8-5(14)3-2(6(9)10)1-13-7(11)4(3)12/h1,6H,12H2. The van der Waals surface area contributed by atoms with Crippen molar-refractivity contribution in [2.24, 2.45) is 0 Å². The van der Waals surface area contributed by atoms with Gasteiger partial charge in [-0.2, -0.15) is 0 Å². The summed E-state index contributed by atoms with van der Waals surface area (Å²) in [4.78, 5) is 14.5. The highest BCUT2D eigenvalue weighted by atomic mass is 127. The van der Waals surface area contributed by atoms with Gasteiger partial charge in [0, 0.05) is 6.20 Å². The van der Waals surface area contributed by atoms with E-state index in [4.69, 9.17) is 17.3 Å². The Morgan fingerprint density at radius 2 is 2.21 bits per heavy atom. The molecule has 0 aliphatic heterocycles. The van der Waals surface area contributed by atoms with Crippen LogP contribution in [0.5, 0.6) is 0 Å². The fourth-order valence-electron chi connectivity index (χ4n) is 0.904. The van der Waals surface area contributed by atoms with Gasteiger partial charge in [-0.15, -0.1) is 0 Å². The molecule has 0 bridgehead atoms. The molecule has 0 aliphatic carbocycles. The number of nitrogens with zero attached hydrogens (tertiary/aromatic N) is 1. The molecule has 0 saturated carbocycles. The highest BCUT2D eigenvalue weighted by Crippen LogP contribution is 2.29. The second-order valence-electron chi connectivity index (χ2n) is 2.37. The van der Waals surface area contributed by atoms with Crippen molar-refractivity contribution in [2.45, 2.75) is 6.43 Å². The molecule has 3 nitrogen and oxygen atoms in total. The number of hydrogen-bond acceptors (Lipinski definition) is 3. The molecule has 0 fully saturated rings. The second-order valence-corrected chi connectivity index (χ2v) is 3.73. The predicted molar refractivity (Wildman–Crippen MR) is 56.5 cm³/mol. The fourth-order valence-corrected chi connectivity index (χ4v) is 1.52. The molecule has 0 aromatic carbocycles. The van der Waals surface area contributed by atoms with Crippen LogP contribution in [0, 0.1) is 3.70 Å². The maximum Gasteiger partial charge on any atom is 0.266 e. The molecule has 0 atom stereocenters. The quantitative estimate of drug-likeness (QED) is 0.514. The number of rotatable bonds is 2. The van der Waals surface area contributed by atoms with Crippen LogP contribution in [0.1, 0.15) is 22.3 Å². The number of aromatic nitrogens is 1. The number of pyridine rings is 1. The summed E-state index contributed by atoms with van der Waals surface area (Å²) in [5.41, 5.74) is 4.41. The number of hydrogen-bond donors (Lipinski definition) is 1. The lowest BCUT2D eigenvalue weighted by atomic mass is 10.1. The van der Waals surface area contributed by atoms with E-state index in [-0.39, 0.29) is 15.0 Å². The smallest absolute Gasteiger partial charge is 0.266 e. The Hall–Kier alpha value is -0.500. The third-order valence-electron chi connectivity index (χ3n) is 1.53. The Morgan fingerprint density at radius 3 is 2.64 bits per heavy atom. The molecule has 1 heterocycles. The molecule has 76 valence electrons. The van der Waals surface area contributed by atoms with Crippen LogP contribution in [0.3, 0.4) is 0 Å². The third kappa shape index (κ3) is 2.11. The van der Waals surface area contributed by atoms with Crippen molar-refractivity contribution in [3.8, 4) is 0 Å². The SMILES string of the molecule is Nc1c(I)ncc(C(F)F)c1C(=O)Cl. The van der Waals surface area contributed by atoms with Crippen LogP contribution in [0.15, 0.2) is 6.20 Å². The van der Waals surface area contributed by atoms with Crippen LogP contribution < -0.4 is 5.73 Å². The zero-order chi connectivity index (χ0) is 10.9. The normalized spacial score (nSPS) is 10.6. The van der Waals surface area contributed by atoms with Crippen molar-refractivity contribution in [3.63, 3.8) is 0 Å². The topological polar surface area (TPSA) is 56.0 Å². The molecule has 1 rings (SSSR count). The van der Waals surface area contributed by atoms with E-state index in [0.717, 1.165) is 6.20 Å². The first-order chi connectivity index (χ1) is 6.45. The number of carbonyl (C=O) groups excluding carboxylic acids is 1. The average molecular weight is 332 g/mol. The van der Waals surface area contributed by atoms with Gasteiger partial charge in [0.25, 0.3) is 11.7 Å².